The summed E-state index contributed by atoms with van der Waals surface area (Å²) in [7, 11) is -3.94. The lowest BCUT2D eigenvalue weighted by Gasteiger charge is -2.28. The third-order valence-electron chi connectivity index (χ3n) is 3.48. The molecule has 7 nitrogen and oxygen atoms in total. The van der Waals surface area contributed by atoms with Crippen LogP contribution in [0.3, 0.4) is 0 Å². The summed E-state index contributed by atoms with van der Waals surface area (Å²) in [6.07, 6.45) is 3.29. The zero-order valence-electron chi connectivity index (χ0n) is 10.9. The molecule has 0 aromatic heterocycles. The number of hydrogen-bond acceptors (Lipinski definition) is 5. The lowest BCUT2D eigenvalue weighted by molar-refractivity contribution is -0.387. The van der Waals surface area contributed by atoms with Gasteiger partial charge in [-0.15, -0.1) is 0 Å². The van der Waals surface area contributed by atoms with Gasteiger partial charge in [-0.1, -0.05) is 25.0 Å². The van der Waals surface area contributed by atoms with Crippen molar-refractivity contribution >= 4 is 15.7 Å². The normalized spacial score (nSPS) is 23.4. The molecule has 0 saturated heterocycles. The van der Waals surface area contributed by atoms with Crippen LogP contribution in [0.1, 0.15) is 25.7 Å². The summed E-state index contributed by atoms with van der Waals surface area (Å²) in [5.74, 6) is 0. The second-order valence-electron chi connectivity index (χ2n) is 4.90. The van der Waals surface area contributed by atoms with E-state index in [2.05, 4.69) is 4.72 Å². The van der Waals surface area contributed by atoms with Gasteiger partial charge in [-0.25, -0.2) is 13.1 Å². The molecule has 3 N–H and O–H groups in total. The van der Waals surface area contributed by atoms with E-state index in [0.717, 1.165) is 19.3 Å². The molecule has 20 heavy (non-hydrogen) atoms. The minimum Gasteiger partial charge on any atom is -0.326 e. The highest BCUT2D eigenvalue weighted by Gasteiger charge is 2.31. The molecule has 0 bridgehead atoms. The number of nitrogens with two attached hydrogens (primary N) is 1. The van der Waals surface area contributed by atoms with E-state index in [9.17, 15) is 18.5 Å². The Balaban J connectivity index is 2.29. The summed E-state index contributed by atoms with van der Waals surface area (Å²) in [5.41, 5.74) is 5.47. The first-order chi connectivity index (χ1) is 9.42. The van der Waals surface area contributed by atoms with E-state index in [0.29, 0.717) is 6.42 Å². The number of sulfonamides is 1. The topological polar surface area (TPSA) is 115 Å². The highest BCUT2D eigenvalue weighted by molar-refractivity contribution is 7.89. The lowest BCUT2D eigenvalue weighted by Crippen LogP contribution is -2.49. The van der Waals surface area contributed by atoms with Crippen molar-refractivity contribution in [1.29, 1.82) is 0 Å². The van der Waals surface area contributed by atoms with E-state index >= 15 is 0 Å². The van der Waals surface area contributed by atoms with E-state index in [4.69, 9.17) is 5.73 Å². The molecular formula is C12H17N3O4S. The molecule has 1 aliphatic carbocycles. The van der Waals surface area contributed by atoms with Gasteiger partial charge in [0.15, 0.2) is 4.90 Å². The number of nitrogens with zero attached hydrogens (tertiary/aromatic N) is 1. The number of benzene rings is 1. The maximum Gasteiger partial charge on any atom is 0.289 e. The Kier molecular flexibility index (Phi) is 4.36. The average Bonchev–Trinajstić information content (AvgIpc) is 2.41. The summed E-state index contributed by atoms with van der Waals surface area (Å²) in [5, 5.41) is 10.9. The van der Waals surface area contributed by atoms with Crippen molar-refractivity contribution in [1.82, 2.24) is 4.72 Å². The molecule has 0 amide bonds. The molecule has 2 atom stereocenters. The van der Waals surface area contributed by atoms with E-state index < -0.39 is 20.6 Å². The highest BCUT2D eigenvalue weighted by atomic mass is 32.2. The van der Waals surface area contributed by atoms with Crippen LogP contribution in [0.25, 0.3) is 0 Å². The smallest absolute Gasteiger partial charge is 0.289 e. The minimum absolute atomic E-state index is 0.249. The zero-order valence-corrected chi connectivity index (χ0v) is 11.7. The Morgan fingerprint density at radius 2 is 1.90 bits per heavy atom. The molecule has 0 heterocycles. The van der Waals surface area contributed by atoms with Gasteiger partial charge in [0.1, 0.15) is 0 Å². The van der Waals surface area contributed by atoms with Crippen molar-refractivity contribution in [3.8, 4) is 0 Å². The Labute approximate surface area is 117 Å². The number of nitro groups is 1. The Morgan fingerprint density at radius 3 is 2.55 bits per heavy atom. The standard InChI is InChI=1S/C12H17N3O4S/c13-9-5-1-2-6-10(9)14-20(18,19)12-8-4-3-7-11(12)15(16)17/h3-4,7-10,14H,1-2,5-6,13H2/t9-,10+/m0/s1. The SMILES string of the molecule is N[C@H]1CCCC[C@H]1NS(=O)(=O)c1ccccc1[N+](=O)[O-]. The fraction of sp³-hybridized carbons (Fsp3) is 0.500. The van der Waals surface area contributed by atoms with Crippen molar-refractivity contribution in [3.05, 3.63) is 34.4 Å². The van der Waals surface area contributed by atoms with Gasteiger partial charge in [0, 0.05) is 18.2 Å². The number of nitrogens with one attached hydrogen (secondary N) is 1. The van der Waals surface area contributed by atoms with Crippen molar-refractivity contribution < 1.29 is 13.3 Å². The monoisotopic (exact) mass is 299 g/mol. The van der Waals surface area contributed by atoms with E-state index in [1.54, 1.807) is 0 Å². The maximum absolute atomic E-state index is 12.3. The second-order valence-corrected chi connectivity index (χ2v) is 6.58. The molecule has 1 aromatic rings. The minimum atomic E-state index is -3.94. The van der Waals surface area contributed by atoms with Gasteiger partial charge < -0.3 is 5.73 Å². The van der Waals surface area contributed by atoms with E-state index in [1.165, 1.54) is 24.3 Å². The van der Waals surface area contributed by atoms with Crippen LogP contribution in [0.15, 0.2) is 29.2 Å². The van der Waals surface area contributed by atoms with Gasteiger partial charge in [-0.2, -0.15) is 0 Å². The first-order valence-corrected chi connectivity index (χ1v) is 7.91. The summed E-state index contributed by atoms with van der Waals surface area (Å²) >= 11 is 0. The predicted octanol–water partition coefficient (Wildman–Crippen LogP) is 1.14. The van der Waals surface area contributed by atoms with Crippen LogP contribution in [-0.4, -0.2) is 25.4 Å². The second kappa shape index (κ2) is 5.86. The molecule has 0 aliphatic heterocycles. The van der Waals surface area contributed by atoms with Gasteiger partial charge in [-0.3, -0.25) is 10.1 Å². The van der Waals surface area contributed by atoms with E-state index in [-0.39, 0.29) is 17.0 Å². The first-order valence-electron chi connectivity index (χ1n) is 6.43. The van der Waals surface area contributed by atoms with Gasteiger partial charge >= 0.3 is 0 Å². The molecule has 2 rings (SSSR count). The maximum atomic E-state index is 12.3. The number of rotatable bonds is 4. The Morgan fingerprint density at radius 1 is 1.25 bits per heavy atom. The summed E-state index contributed by atoms with van der Waals surface area (Å²) in [6.45, 7) is 0. The molecule has 1 aromatic carbocycles. The first kappa shape index (κ1) is 14.9. The lowest BCUT2D eigenvalue weighted by atomic mass is 9.92. The fourth-order valence-electron chi connectivity index (χ4n) is 2.40. The predicted molar refractivity (Wildman–Crippen MR) is 73.6 cm³/mol. The van der Waals surface area contributed by atoms with Crippen molar-refractivity contribution in [3.63, 3.8) is 0 Å². The molecule has 0 spiro atoms. The summed E-state index contributed by atoms with van der Waals surface area (Å²) in [6, 6.07) is 4.69. The third kappa shape index (κ3) is 3.14. The van der Waals surface area contributed by atoms with Gasteiger partial charge in [0.05, 0.1) is 4.92 Å². The highest BCUT2D eigenvalue weighted by Crippen LogP contribution is 2.25. The molecule has 8 heteroatoms. The van der Waals surface area contributed by atoms with Crippen molar-refractivity contribution in [2.24, 2.45) is 5.73 Å². The van der Waals surface area contributed by atoms with Gasteiger partial charge in [0.25, 0.3) is 5.69 Å². The number of para-hydroxylation sites is 1. The van der Waals surface area contributed by atoms with Crippen LogP contribution in [0.2, 0.25) is 0 Å². The summed E-state index contributed by atoms with van der Waals surface area (Å²) in [4.78, 5) is 9.90. The van der Waals surface area contributed by atoms with E-state index in [1.807, 2.05) is 0 Å². The van der Waals surface area contributed by atoms with Crippen LogP contribution < -0.4 is 10.5 Å². The van der Waals surface area contributed by atoms with Crippen LogP contribution in [0.4, 0.5) is 5.69 Å². The molecule has 0 radical (unpaired) electrons. The van der Waals surface area contributed by atoms with Crippen LogP contribution in [-0.2, 0) is 10.0 Å². The largest absolute Gasteiger partial charge is 0.326 e. The average molecular weight is 299 g/mol. The Bertz CT molecular complexity index is 602. The third-order valence-corrected chi connectivity index (χ3v) is 5.01. The van der Waals surface area contributed by atoms with Crippen LogP contribution in [0.5, 0.6) is 0 Å². The molecule has 1 saturated carbocycles. The molecule has 110 valence electrons. The van der Waals surface area contributed by atoms with Crippen molar-refractivity contribution in [2.45, 2.75) is 42.7 Å². The number of hydrogen-bond donors (Lipinski definition) is 2. The van der Waals surface area contributed by atoms with Gasteiger partial charge in [0.2, 0.25) is 10.0 Å². The number of nitro benzene ring substituents is 1. The Hall–Kier alpha value is -1.51. The molecule has 0 unspecified atom stereocenters. The van der Waals surface area contributed by atoms with Crippen molar-refractivity contribution in [2.75, 3.05) is 0 Å². The van der Waals surface area contributed by atoms with Crippen LogP contribution >= 0.6 is 0 Å². The molecule has 1 fully saturated rings. The fourth-order valence-corrected chi connectivity index (χ4v) is 3.90. The zero-order chi connectivity index (χ0) is 14.8. The molecule has 1 aliphatic rings. The quantitative estimate of drug-likeness (QED) is 0.639. The van der Waals surface area contributed by atoms with Crippen LogP contribution in [0, 0.1) is 10.1 Å². The van der Waals surface area contributed by atoms with Gasteiger partial charge in [-0.05, 0) is 18.9 Å². The molecular weight excluding hydrogens is 282 g/mol. The summed E-state index contributed by atoms with van der Waals surface area (Å²) < 4.78 is 27.1.